The largest absolute Gasteiger partial charge is 0.375 e. The van der Waals surface area contributed by atoms with E-state index >= 15 is 0 Å². The number of aliphatic imine (C=N–C) groups is 1. The molecular weight excluding hydrogens is 441 g/mol. The first-order valence-electron chi connectivity index (χ1n) is 10.4. The van der Waals surface area contributed by atoms with E-state index in [0.29, 0.717) is 0 Å². The summed E-state index contributed by atoms with van der Waals surface area (Å²) in [5, 5.41) is 3.51. The van der Waals surface area contributed by atoms with Gasteiger partial charge in [0.2, 0.25) is 0 Å². The number of morpholine rings is 1. The number of nitrogens with zero attached hydrogens (tertiary/aromatic N) is 2. The molecule has 0 amide bonds. The minimum atomic E-state index is 0. The van der Waals surface area contributed by atoms with Gasteiger partial charge >= 0.3 is 0 Å². The van der Waals surface area contributed by atoms with Crippen molar-refractivity contribution in [3.8, 4) is 0 Å². The van der Waals surface area contributed by atoms with Gasteiger partial charge in [-0.15, -0.1) is 24.0 Å². The van der Waals surface area contributed by atoms with Crippen LogP contribution in [0.5, 0.6) is 0 Å². The van der Waals surface area contributed by atoms with Gasteiger partial charge in [-0.25, -0.2) is 0 Å². The van der Waals surface area contributed by atoms with Crippen LogP contribution in [-0.2, 0) is 9.47 Å². The molecule has 2 unspecified atom stereocenters. The molecule has 2 aliphatic heterocycles. The van der Waals surface area contributed by atoms with E-state index in [1.807, 2.05) is 0 Å². The van der Waals surface area contributed by atoms with Gasteiger partial charge in [-0.1, -0.05) is 26.7 Å². The first-order chi connectivity index (χ1) is 12.1. The van der Waals surface area contributed by atoms with Crippen molar-refractivity contribution < 1.29 is 9.47 Å². The quantitative estimate of drug-likeness (QED) is 0.372. The van der Waals surface area contributed by atoms with Crippen molar-refractivity contribution in [2.75, 3.05) is 39.4 Å². The maximum absolute atomic E-state index is 6.00. The summed E-state index contributed by atoms with van der Waals surface area (Å²) in [6, 6.07) is 0. The first kappa shape index (κ1) is 22.2. The van der Waals surface area contributed by atoms with E-state index < -0.39 is 0 Å². The summed E-state index contributed by atoms with van der Waals surface area (Å²) in [7, 11) is 0. The molecule has 1 N–H and O–H groups in total. The van der Waals surface area contributed by atoms with E-state index in [1.54, 1.807) is 0 Å². The smallest absolute Gasteiger partial charge is 0.194 e. The van der Waals surface area contributed by atoms with E-state index in [0.717, 1.165) is 64.1 Å². The van der Waals surface area contributed by atoms with Gasteiger partial charge in [0, 0.05) is 32.8 Å². The molecule has 2 heterocycles. The highest BCUT2D eigenvalue weighted by molar-refractivity contribution is 14.0. The summed E-state index contributed by atoms with van der Waals surface area (Å²) in [4.78, 5) is 7.43. The first-order valence-corrected chi connectivity index (χ1v) is 10.4. The summed E-state index contributed by atoms with van der Waals surface area (Å²) in [5.74, 6) is 1.88. The topological polar surface area (TPSA) is 46.1 Å². The average Bonchev–Trinajstić information content (AvgIpc) is 3.32. The summed E-state index contributed by atoms with van der Waals surface area (Å²) in [6.07, 6.45) is 8.27. The Hall–Kier alpha value is -0.0800. The predicted molar refractivity (Wildman–Crippen MR) is 117 cm³/mol. The summed E-state index contributed by atoms with van der Waals surface area (Å²) < 4.78 is 11.8. The van der Waals surface area contributed by atoms with E-state index in [2.05, 4.69) is 31.0 Å². The van der Waals surface area contributed by atoms with Crippen molar-refractivity contribution >= 4 is 29.9 Å². The molecule has 0 spiro atoms. The maximum atomic E-state index is 6.00. The number of guanidine groups is 1. The monoisotopic (exact) mass is 479 g/mol. The van der Waals surface area contributed by atoms with Crippen LogP contribution in [0.1, 0.15) is 59.3 Å². The Morgan fingerprint density at radius 2 is 1.81 bits per heavy atom. The molecule has 26 heavy (non-hydrogen) atoms. The van der Waals surface area contributed by atoms with Crippen molar-refractivity contribution in [1.82, 2.24) is 10.2 Å². The van der Waals surface area contributed by atoms with Crippen LogP contribution in [-0.4, -0.2) is 62.5 Å². The van der Waals surface area contributed by atoms with Crippen molar-refractivity contribution in [2.45, 2.75) is 71.5 Å². The molecule has 0 aromatic carbocycles. The molecule has 1 saturated carbocycles. The molecule has 6 heteroatoms. The molecule has 3 fully saturated rings. The van der Waals surface area contributed by atoms with Crippen LogP contribution in [0, 0.1) is 11.3 Å². The predicted octanol–water partition coefficient (Wildman–Crippen LogP) is 3.67. The van der Waals surface area contributed by atoms with E-state index in [-0.39, 0.29) is 41.6 Å². The normalized spacial score (nSPS) is 28.3. The number of ether oxygens (including phenoxy) is 2. The highest BCUT2D eigenvalue weighted by Gasteiger charge is 2.34. The second-order valence-corrected chi connectivity index (χ2v) is 8.55. The van der Waals surface area contributed by atoms with Crippen molar-refractivity contribution in [3.63, 3.8) is 0 Å². The minimum absolute atomic E-state index is 0. The molecule has 3 aliphatic rings. The molecule has 2 atom stereocenters. The van der Waals surface area contributed by atoms with Gasteiger partial charge < -0.3 is 19.7 Å². The Bertz CT molecular complexity index is 446. The lowest BCUT2D eigenvalue weighted by molar-refractivity contribution is -0.0817. The number of rotatable bonds is 5. The molecule has 3 rings (SSSR count). The van der Waals surface area contributed by atoms with Gasteiger partial charge in [0.15, 0.2) is 5.96 Å². The van der Waals surface area contributed by atoms with Crippen LogP contribution in [0.15, 0.2) is 4.99 Å². The Balaban J connectivity index is 0.00000243. The molecule has 0 bridgehead atoms. The molecule has 5 nitrogen and oxygen atoms in total. The third-order valence-electron chi connectivity index (χ3n) is 6.20. The minimum Gasteiger partial charge on any atom is -0.375 e. The van der Waals surface area contributed by atoms with E-state index in [1.165, 1.54) is 25.7 Å². The van der Waals surface area contributed by atoms with E-state index in [4.69, 9.17) is 14.5 Å². The van der Waals surface area contributed by atoms with Crippen LogP contribution in [0.25, 0.3) is 0 Å². The fraction of sp³-hybridized carbons (Fsp3) is 0.950. The van der Waals surface area contributed by atoms with Gasteiger partial charge in [0.05, 0.1) is 12.7 Å². The SMILES string of the molecule is CCNC(=NCC(C)(C)C1CCCC1)N1CCOC(C2CCCO2)C1.I. The Morgan fingerprint density at radius 3 is 2.46 bits per heavy atom. The summed E-state index contributed by atoms with van der Waals surface area (Å²) >= 11 is 0. The van der Waals surface area contributed by atoms with Crippen LogP contribution >= 0.6 is 24.0 Å². The molecular formula is C20H38IN3O2. The van der Waals surface area contributed by atoms with Gasteiger partial charge in [-0.3, -0.25) is 4.99 Å². The van der Waals surface area contributed by atoms with Crippen molar-refractivity contribution in [1.29, 1.82) is 0 Å². The van der Waals surface area contributed by atoms with Crippen LogP contribution in [0.4, 0.5) is 0 Å². The average molecular weight is 479 g/mol. The second-order valence-electron chi connectivity index (χ2n) is 8.55. The number of halogens is 1. The van der Waals surface area contributed by atoms with E-state index in [9.17, 15) is 0 Å². The number of hydrogen-bond donors (Lipinski definition) is 1. The molecule has 1 aliphatic carbocycles. The molecule has 0 aromatic heterocycles. The van der Waals surface area contributed by atoms with Crippen LogP contribution < -0.4 is 5.32 Å². The molecule has 152 valence electrons. The third kappa shape index (κ3) is 5.71. The van der Waals surface area contributed by atoms with Gasteiger partial charge in [0.25, 0.3) is 0 Å². The summed E-state index contributed by atoms with van der Waals surface area (Å²) in [6.45, 7) is 12.2. The maximum Gasteiger partial charge on any atom is 0.194 e. The fourth-order valence-corrected chi connectivity index (χ4v) is 4.53. The van der Waals surface area contributed by atoms with Gasteiger partial charge in [0.1, 0.15) is 6.10 Å². The highest BCUT2D eigenvalue weighted by Crippen LogP contribution is 2.39. The number of nitrogens with one attached hydrogen (secondary N) is 1. The molecule has 2 saturated heterocycles. The Kier molecular flexibility index (Phi) is 8.94. The van der Waals surface area contributed by atoms with Crippen molar-refractivity contribution in [3.05, 3.63) is 0 Å². The standard InChI is InChI=1S/C20H37N3O2.HI/c1-4-21-19(22-15-20(2,3)16-8-5-6-9-16)23-11-13-25-18(14-23)17-10-7-12-24-17;/h16-18H,4-15H2,1-3H3,(H,21,22);1H. The molecule has 0 aromatic rings. The van der Waals surface area contributed by atoms with Crippen molar-refractivity contribution in [2.24, 2.45) is 16.3 Å². The second kappa shape index (κ2) is 10.5. The zero-order chi connectivity index (χ0) is 17.7. The lowest BCUT2D eigenvalue weighted by Crippen LogP contribution is -2.53. The van der Waals surface area contributed by atoms with Gasteiger partial charge in [-0.2, -0.15) is 0 Å². The van der Waals surface area contributed by atoms with Crippen LogP contribution in [0.2, 0.25) is 0 Å². The van der Waals surface area contributed by atoms with Crippen LogP contribution in [0.3, 0.4) is 0 Å². The lowest BCUT2D eigenvalue weighted by Gasteiger charge is -2.38. The fourth-order valence-electron chi connectivity index (χ4n) is 4.53. The zero-order valence-corrected chi connectivity index (χ0v) is 19.2. The molecule has 0 radical (unpaired) electrons. The Labute approximate surface area is 176 Å². The lowest BCUT2D eigenvalue weighted by atomic mass is 9.78. The zero-order valence-electron chi connectivity index (χ0n) is 16.8. The third-order valence-corrected chi connectivity index (χ3v) is 6.20. The Morgan fingerprint density at radius 1 is 1.08 bits per heavy atom. The highest BCUT2D eigenvalue weighted by atomic mass is 127. The van der Waals surface area contributed by atoms with Gasteiger partial charge in [-0.05, 0) is 43.9 Å². The summed E-state index contributed by atoms with van der Waals surface area (Å²) in [5.41, 5.74) is 0.289. The number of hydrogen-bond acceptors (Lipinski definition) is 3.